The number of nitrogens with zero attached hydrogens (tertiary/aromatic N) is 1. The van der Waals surface area contributed by atoms with Crippen LogP contribution in [-0.4, -0.2) is 24.8 Å². The number of hydrogen-bond donors (Lipinski definition) is 2. The van der Waals surface area contributed by atoms with Crippen molar-refractivity contribution in [1.29, 1.82) is 0 Å². The molecule has 0 unspecified atom stereocenters. The van der Waals surface area contributed by atoms with Crippen molar-refractivity contribution < 1.29 is 5.11 Å². The molecule has 0 saturated carbocycles. The van der Waals surface area contributed by atoms with E-state index in [1.54, 1.807) is 12.1 Å². The molecule has 1 atom stereocenters. The van der Waals surface area contributed by atoms with E-state index in [2.05, 4.69) is 4.90 Å². The van der Waals surface area contributed by atoms with Gasteiger partial charge in [-0.3, -0.25) is 0 Å². The highest BCUT2D eigenvalue weighted by Crippen LogP contribution is 2.37. The van der Waals surface area contributed by atoms with Gasteiger partial charge in [0, 0.05) is 13.1 Å². The number of halogens is 2. The van der Waals surface area contributed by atoms with E-state index in [0.29, 0.717) is 10.0 Å². The Bertz CT molecular complexity index is 382. The molecule has 1 saturated heterocycles. The van der Waals surface area contributed by atoms with Crippen LogP contribution in [0.25, 0.3) is 0 Å². The zero-order chi connectivity index (χ0) is 12.4. The van der Waals surface area contributed by atoms with E-state index in [-0.39, 0.29) is 6.61 Å². The summed E-state index contributed by atoms with van der Waals surface area (Å²) in [4.78, 5) is 2.19. The molecule has 0 aromatic heterocycles. The van der Waals surface area contributed by atoms with E-state index in [4.69, 9.17) is 34.0 Å². The molecule has 1 heterocycles. The molecule has 3 nitrogen and oxygen atoms in total. The van der Waals surface area contributed by atoms with Crippen LogP contribution in [-0.2, 0) is 0 Å². The van der Waals surface area contributed by atoms with Gasteiger partial charge in [0.1, 0.15) is 0 Å². The molecule has 2 rings (SSSR count). The van der Waals surface area contributed by atoms with Gasteiger partial charge in [0.2, 0.25) is 0 Å². The van der Waals surface area contributed by atoms with Gasteiger partial charge in [-0.2, -0.15) is 0 Å². The molecular formula is C12H16Cl2N2O. The summed E-state index contributed by atoms with van der Waals surface area (Å²) in [5.41, 5.74) is 7.41. The van der Waals surface area contributed by atoms with E-state index in [1.165, 1.54) is 12.8 Å². The Balaban J connectivity index is 2.34. The highest BCUT2D eigenvalue weighted by molar-refractivity contribution is 6.39. The number of anilines is 1. The molecule has 0 aliphatic carbocycles. The third-order valence-electron chi connectivity index (χ3n) is 3.09. The van der Waals surface area contributed by atoms with E-state index < -0.39 is 6.04 Å². The van der Waals surface area contributed by atoms with Gasteiger partial charge in [-0.25, -0.2) is 0 Å². The first kappa shape index (κ1) is 13.0. The lowest BCUT2D eigenvalue weighted by Crippen LogP contribution is -2.19. The molecule has 0 radical (unpaired) electrons. The standard InChI is InChI=1S/C12H16Cl2N2O/c13-9-5-8(11(15)7-17)6-10(14)12(9)16-3-1-2-4-16/h5-6,11,17H,1-4,7,15H2/t11-/m0/s1. The summed E-state index contributed by atoms with van der Waals surface area (Å²) < 4.78 is 0. The van der Waals surface area contributed by atoms with Crippen LogP contribution in [0.2, 0.25) is 10.0 Å². The van der Waals surface area contributed by atoms with Crippen molar-refractivity contribution in [2.75, 3.05) is 24.6 Å². The van der Waals surface area contributed by atoms with Gasteiger partial charge in [0.15, 0.2) is 0 Å². The first-order chi connectivity index (χ1) is 8.13. The second-order valence-corrected chi connectivity index (χ2v) is 5.13. The molecule has 0 spiro atoms. The monoisotopic (exact) mass is 274 g/mol. The largest absolute Gasteiger partial charge is 0.394 e. The molecule has 1 aromatic carbocycles. The molecule has 1 aliphatic rings. The Hall–Kier alpha value is -0.480. The average Bonchev–Trinajstić information content (AvgIpc) is 2.80. The predicted octanol–water partition coefficient (Wildman–Crippen LogP) is 2.59. The van der Waals surface area contributed by atoms with Gasteiger partial charge in [0.25, 0.3) is 0 Å². The van der Waals surface area contributed by atoms with Crippen LogP contribution < -0.4 is 10.6 Å². The summed E-state index contributed by atoms with van der Waals surface area (Å²) in [7, 11) is 0. The fourth-order valence-corrected chi connectivity index (χ4v) is 2.89. The molecule has 1 fully saturated rings. The average molecular weight is 275 g/mol. The predicted molar refractivity (Wildman–Crippen MR) is 71.9 cm³/mol. The van der Waals surface area contributed by atoms with Crippen molar-refractivity contribution in [2.45, 2.75) is 18.9 Å². The normalized spacial score (nSPS) is 17.5. The van der Waals surface area contributed by atoms with Gasteiger partial charge in [-0.05, 0) is 30.5 Å². The lowest BCUT2D eigenvalue weighted by Gasteiger charge is -2.22. The van der Waals surface area contributed by atoms with Crippen LogP contribution in [0.5, 0.6) is 0 Å². The highest BCUT2D eigenvalue weighted by Gasteiger charge is 2.20. The Labute approximate surface area is 111 Å². The summed E-state index contributed by atoms with van der Waals surface area (Å²) in [5.74, 6) is 0. The Morgan fingerprint density at radius 2 is 1.76 bits per heavy atom. The number of aliphatic hydroxyl groups is 1. The second-order valence-electron chi connectivity index (χ2n) is 4.32. The Morgan fingerprint density at radius 3 is 2.24 bits per heavy atom. The maximum absolute atomic E-state index is 9.03. The first-order valence-corrected chi connectivity index (χ1v) is 6.49. The fraction of sp³-hybridized carbons (Fsp3) is 0.500. The number of hydrogen-bond acceptors (Lipinski definition) is 3. The van der Waals surface area contributed by atoms with Crippen molar-refractivity contribution in [3.8, 4) is 0 Å². The summed E-state index contributed by atoms with van der Waals surface area (Å²) in [5, 5.41) is 10.2. The highest BCUT2D eigenvalue weighted by atomic mass is 35.5. The molecule has 0 bridgehead atoms. The van der Waals surface area contributed by atoms with Crippen LogP contribution in [0, 0.1) is 0 Å². The smallest absolute Gasteiger partial charge is 0.0745 e. The topological polar surface area (TPSA) is 49.5 Å². The van der Waals surface area contributed by atoms with E-state index in [1.807, 2.05) is 0 Å². The van der Waals surface area contributed by atoms with Crippen molar-refractivity contribution >= 4 is 28.9 Å². The molecule has 0 amide bonds. The third kappa shape index (κ3) is 2.68. The lowest BCUT2D eigenvalue weighted by molar-refractivity contribution is 0.268. The molecule has 5 heteroatoms. The minimum absolute atomic E-state index is 0.115. The maximum atomic E-state index is 9.03. The van der Waals surface area contributed by atoms with Crippen LogP contribution in [0.4, 0.5) is 5.69 Å². The minimum atomic E-state index is -0.433. The molecule has 1 aromatic rings. The third-order valence-corrected chi connectivity index (χ3v) is 3.66. The van der Waals surface area contributed by atoms with Crippen LogP contribution >= 0.6 is 23.2 Å². The van der Waals surface area contributed by atoms with Crippen LogP contribution in [0.1, 0.15) is 24.4 Å². The van der Waals surface area contributed by atoms with Crippen molar-refractivity contribution in [3.05, 3.63) is 27.7 Å². The maximum Gasteiger partial charge on any atom is 0.0745 e. The number of rotatable bonds is 3. The Morgan fingerprint density at radius 1 is 1.24 bits per heavy atom. The van der Waals surface area contributed by atoms with Crippen molar-refractivity contribution in [2.24, 2.45) is 5.73 Å². The van der Waals surface area contributed by atoms with Gasteiger partial charge in [0.05, 0.1) is 28.4 Å². The summed E-state index contributed by atoms with van der Waals surface area (Å²) in [6.07, 6.45) is 2.34. The van der Waals surface area contributed by atoms with Crippen LogP contribution in [0.3, 0.4) is 0 Å². The van der Waals surface area contributed by atoms with E-state index >= 15 is 0 Å². The van der Waals surface area contributed by atoms with E-state index in [0.717, 1.165) is 24.3 Å². The van der Waals surface area contributed by atoms with Crippen LogP contribution in [0.15, 0.2) is 12.1 Å². The van der Waals surface area contributed by atoms with Gasteiger partial charge in [-0.1, -0.05) is 23.2 Å². The van der Waals surface area contributed by atoms with Gasteiger partial charge in [-0.15, -0.1) is 0 Å². The molecule has 17 heavy (non-hydrogen) atoms. The van der Waals surface area contributed by atoms with Gasteiger partial charge < -0.3 is 15.7 Å². The number of benzene rings is 1. The zero-order valence-electron chi connectivity index (χ0n) is 9.50. The van der Waals surface area contributed by atoms with Crippen molar-refractivity contribution in [3.63, 3.8) is 0 Å². The first-order valence-electron chi connectivity index (χ1n) is 5.74. The summed E-state index contributed by atoms with van der Waals surface area (Å²) in [6, 6.07) is 3.15. The SMILES string of the molecule is N[C@@H](CO)c1cc(Cl)c(N2CCCC2)c(Cl)c1. The molecule has 1 aliphatic heterocycles. The zero-order valence-corrected chi connectivity index (χ0v) is 11.0. The Kier molecular flexibility index (Phi) is 4.15. The van der Waals surface area contributed by atoms with E-state index in [9.17, 15) is 0 Å². The molecular weight excluding hydrogens is 259 g/mol. The number of aliphatic hydroxyl groups excluding tert-OH is 1. The summed E-state index contributed by atoms with van der Waals surface area (Å²) in [6.45, 7) is 1.87. The van der Waals surface area contributed by atoms with Crippen molar-refractivity contribution in [1.82, 2.24) is 0 Å². The molecule has 3 N–H and O–H groups in total. The second kappa shape index (κ2) is 5.44. The minimum Gasteiger partial charge on any atom is -0.394 e. The lowest BCUT2D eigenvalue weighted by atomic mass is 10.1. The molecule has 94 valence electrons. The number of nitrogens with two attached hydrogens (primary N) is 1. The quantitative estimate of drug-likeness (QED) is 0.891. The summed E-state index contributed by atoms with van der Waals surface area (Å²) >= 11 is 12.5. The van der Waals surface area contributed by atoms with Gasteiger partial charge >= 0.3 is 0 Å². The fourth-order valence-electron chi connectivity index (χ4n) is 2.15.